The molecule has 134 valence electrons. The Bertz CT molecular complexity index is 883. The third-order valence-electron chi connectivity index (χ3n) is 3.84. The van der Waals surface area contributed by atoms with Crippen molar-refractivity contribution < 1.29 is 19.0 Å². The van der Waals surface area contributed by atoms with E-state index in [2.05, 4.69) is 4.99 Å². The van der Waals surface area contributed by atoms with Gasteiger partial charge in [-0.15, -0.1) is 0 Å². The number of nitrogens with zero attached hydrogens (tertiary/aromatic N) is 1. The molecule has 0 aromatic heterocycles. The van der Waals surface area contributed by atoms with E-state index in [9.17, 15) is 4.79 Å². The second-order valence-corrected chi connectivity index (χ2v) is 5.96. The van der Waals surface area contributed by atoms with E-state index in [1.807, 2.05) is 56.3 Å². The van der Waals surface area contributed by atoms with Crippen LogP contribution in [0.25, 0.3) is 6.08 Å². The molecule has 2 aromatic rings. The molecule has 0 spiro atoms. The minimum absolute atomic E-state index is 0.255. The van der Waals surface area contributed by atoms with Crippen LogP contribution in [0.3, 0.4) is 0 Å². The van der Waals surface area contributed by atoms with Crippen molar-refractivity contribution in [3.63, 3.8) is 0 Å². The van der Waals surface area contributed by atoms with E-state index in [0.29, 0.717) is 24.0 Å². The second-order valence-electron chi connectivity index (χ2n) is 5.96. The van der Waals surface area contributed by atoms with Crippen molar-refractivity contribution in [2.75, 3.05) is 13.7 Å². The number of aliphatic imine (C=N–C) groups is 1. The zero-order valence-electron chi connectivity index (χ0n) is 15.1. The van der Waals surface area contributed by atoms with Crippen molar-refractivity contribution in [3.8, 4) is 11.5 Å². The molecule has 26 heavy (non-hydrogen) atoms. The Kier molecular flexibility index (Phi) is 5.37. The summed E-state index contributed by atoms with van der Waals surface area (Å²) in [5, 5.41) is 0. The van der Waals surface area contributed by atoms with Gasteiger partial charge in [0, 0.05) is 5.56 Å². The van der Waals surface area contributed by atoms with E-state index >= 15 is 0 Å². The molecule has 0 saturated heterocycles. The normalized spacial score (nSPS) is 15.0. The first-order valence-electron chi connectivity index (χ1n) is 8.51. The number of rotatable bonds is 6. The Balaban J connectivity index is 1.88. The van der Waals surface area contributed by atoms with Crippen LogP contribution in [0.5, 0.6) is 11.5 Å². The molecule has 5 heteroatoms. The largest absolute Gasteiger partial charge is 0.493 e. The molecule has 0 amide bonds. The lowest BCUT2D eigenvalue weighted by molar-refractivity contribution is -0.129. The first kappa shape index (κ1) is 17.7. The van der Waals surface area contributed by atoms with Gasteiger partial charge in [-0.1, -0.05) is 30.7 Å². The van der Waals surface area contributed by atoms with Crippen LogP contribution in [-0.4, -0.2) is 25.6 Å². The van der Waals surface area contributed by atoms with E-state index in [-0.39, 0.29) is 5.70 Å². The summed E-state index contributed by atoms with van der Waals surface area (Å²) in [7, 11) is 1.59. The number of ether oxygens (including phenoxy) is 3. The zero-order valence-corrected chi connectivity index (χ0v) is 15.1. The summed E-state index contributed by atoms with van der Waals surface area (Å²) >= 11 is 0. The maximum atomic E-state index is 12.1. The minimum atomic E-state index is -0.466. The van der Waals surface area contributed by atoms with Crippen molar-refractivity contribution in [1.29, 1.82) is 0 Å². The molecule has 0 radical (unpaired) electrons. The lowest BCUT2D eigenvalue weighted by Gasteiger charge is -2.10. The SMILES string of the molecule is CCCOc1ccc(C=C2N=C(c3cccc(C)c3)OC2=O)cc1OC. The number of cyclic esters (lactones) is 1. The molecular formula is C21H21NO4. The van der Waals surface area contributed by atoms with Gasteiger partial charge in [0.25, 0.3) is 0 Å². The first-order valence-corrected chi connectivity index (χ1v) is 8.51. The van der Waals surface area contributed by atoms with Crippen molar-refractivity contribution >= 4 is 17.9 Å². The van der Waals surface area contributed by atoms with E-state index < -0.39 is 5.97 Å². The maximum absolute atomic E-state index is 12.1. The molecular weight excluding hydrogens is 330 g/mol. The van der Waals surface area contributed by atoms with Crippen LogP contribution >= 0.6 is 0 Å². The third kappa shape index (κ3) is 3.94. The monoisotopic (exact) mass is 351 g/mol. The molecule has 0 atom stereocenters. The average molecular weight is 351 g/mol. The summed E-state index contributed by atoms with van der Waals surface area (Å²) in [5.74, 6) is 1.14. The van der Waals surface area contributed by atoms with E-state index in [0.717, 1.165) is 23.1 Å². The standard InChI is InChI=1S/C21H21NO4/c1-4-10-25-18-9-8-15(13-19(18)24-3)12-17-21(23)26-20(22-17)16-7-5-6-14(2)11-16/h5-9,11-13H,4,10H2,1-3H3. The summed E-state index contributed by atoms with van der Waals surface area (Å²) in [6.07, 6.45) is 2.59. The van der Waals surface area contributed by atoms with Crippen LogP contribution in [0, 0.1) is 6.92 Å². The van der Waals surface area contributed by atoms with Gasteiger partial charge in [0.1, 0.15) is 0 Å². The summed E-state index contributed by atoms with van der Waals surface area (Å²) in [4.78, 5) is 16.5. The predicted octanol–water partition coefficient (Wildman–Crippen LogP) is 4.14. The quantitative estimate of drug-likeness (QED) is 0.580. The predicted molar refractivity (Wildman–Crippen MR) is 101 cm³/mol. The van der Waals surface area contributed by atoms with Gasteiger partial charge >= 0.3 is 5.97 Å². The summed E-state index contributed by atoms with van der Waals surface area (Å²) in [6, 6.07) is 13.2. The van der Waals surface area contributed by atoms with Gasteiger partial charge in [-0.2, -0.15) is 0 Å². The van der Waals surface area contributed by atoms with Crippen LogP contribution in [-0.2, 0) is 9.53 Å². The molecule has 5 nitrogen and oxygen atoms in total. The number of esters is 1. The fourth-order valence-corrected chi connectivity index (χ4v) is 2.57. The highest BCUT2D eigenvalue weighted by Gasteiger charge is 2.24. The van der Waals surface area contributed by atoms with Gasteiger partial charge in [0.15, 0.2) is 17.2 Å². The van der Waals surface area contributed by atoms with Gasteiger partial charge in [-0.05, 0) is 49.2 Å². The third-order valence-corrected chi connectivity index (χ3v) is 3.84. The maximum Gasteiger partial charge on any atom is 0.363 e. The topological polar surface area (TPSA) is 57.1 Å². The first-order chi connectivity index (χ1) is 12.6. The second kappa shape index (κ2) is 7.87. The van der Waals surface area contributed by atoms with E-state index in [4.69, 9.17) is 14.2 Å². The van der Waals surface area contributed by atoms with Crippen molar-refractivity contribution in [3.05, 3.63) is 64.9 Å². The molecule has 0 N–H and O–H groups in total. The Morgan fingerprint density at radius 2 is 2.00 bits per heavy atom. The lowest BCUT2D eigenvalue weighted by Crippen LogP contribution is -2.05. The number of carbonyl (C=O) groups is 1. The number of hydrogen-bond acceptors (Lipinski definition) is 5. The van der Waals surface area contributed by atoms with Gasteiger partial charge < -0.3 is 14.2 Å². The number of carbonyl (C=O) groups excluding carboxylic acids is 1. The number of aryl methyl sites for hydroxylation is 1. The molecule has 0 aliphatic carbocycles. The van der Waals surface area contributed by atoms with Crippen molar-refractivity contribution in [1.82, 2.24) is 0 Å². The highest BCUT2D eigenvalue weighted by molar-refractivity contribution is 6.12. The lowest BCUT2D eigenvalue weighted by atomic mass is 10.1. The van der Waals surface area contributed by atoms with Crippen LogP contribution in [0.4, 0.5) is 0 Å². The Labute approximate surface area is 152 Å². The minimum Gasteiger partial charge on any atom is -0.493 e. The number of methoxy groups -OCH3 is 1. The molecule has 1 aliphatic heterocycles. The number of benzene rings is 2. The van der Waals surface area contributed by atoms with Gasteiger partial charge in [0.2, 0.25) is 5.90 Å². The molecule has 0 fully saturated rings. The molecule has 2 aromatic carbocycles. The molecule has 0 saturated carbocycles. The summed E-state index contributed by atoms with van der Waals surface area (Å²) < 4.78 is 16.3. The van der Waals surface area contributed by atoms with Crippen LogP contribution in [0.15, 0.2) is 53.2 Å². The summed E-state index contributed by atoms with van der Waals surface area (Å²) in [6.45, 7) is 4.64. The fraction of sp³-hybridized carbons (Fsp3) is 0.238. The van der Waals surface area contributed by atoms with Crippen LogP contribution < -0.4 is 9.47 Å². The Morgan fingerprint density at radius 1 is 1.15 bits per heavy atom. The fourth-order valence-electron chi connectivity index (χ4n) is 2.57. The highest BCUT2D eigenvalue weighted by Crippen LogP contribution is 2.30. The molecule has 0 bridgehead atoms. The smallest absolute Gasteiger partial charge is 0.363 e. The van der Waals surface area contributed by atoms with Gasteiger partial charge in [0.05, 0.1) is 13.7 Å². The number of hydrogen-bond donors (Lipinski definition) is 0. The van der Waals surface area contributed by atoms with Gasteiger partial charge in [-0.25, -0.2) is 9.79 Å². The molecule has 1 aliphatic rings. The molecule has 3 rings (SSSR count). The Morgan fingerprint density at radius 3 is 2.73 bits per heavy atom. The van der Waals surface area contributed by atoms with Crippen LogP contribution in [0.2, 0.25) is 0 Å². The zero-order chi connectivity index (χ0) is 18.5. The Hall–Kier alpha value is -3.08. The van der Waals surface area contributed by atoms with E-state index in [1.54, 1.807) is 13.2 Å². The molecule has 0 unspecified atom stereocenters. The highest BCUT2D eigenvalue weighted by atomic mass is 16.6. The van der Waals surface area contributed by atoms with E-state index in [1.165, 1.54) is 0 Å². The average Bonchev–Trinajstić information content (AvgIpc) is 3.01. The van der Waals surface area contributed by atoms with Gasteiger partial charge in [-0.3, -0.25) is 0 Å². The molecule has 1 heterocycles. The van der Waals surface area contributed by atoms with Crippen molar-refractivity contribution in [2.45, 2.75) is 20.3 Å². The van der Waals surface area contributed by atoms with Crippen LogP contribution in [0.1, 0.15) is 30.0 Å². The van der Waals surface area contributed by atoms with Crippen molar-refractivity contribution in [2.24, 2.45) is 4.99 Å². The summed E-state index contributed by atoms with van der Waals surface area (Å²) in [5.41, 5.74) is 2.89.